The first-order valence-corrected chi connectivity index (χ1v) is 4.00. The molecule has 0 radical (unpaired) electrons. The Bertz CT molecular complexity index is 141. The van der Waals surface area contributed by atoms with Crippen molar-refractivity contribution >= 4 is 11.8 Å². The molecule has 0 rings (SSSR count). The molecule has 1 nitrogen and oxygen atoms in total. The van der Waals surface area contributed by atoms with Crippen LogP contribution in [0.1, 0.15) is 13.3 Å². The van der Waals surface area contributed by atoms with Crippen LogP contribution in [-0.4, -0.2) is 6.26 Å². The summed E-state index contributed by atoms with van der Waals surface area (Å²) in [6, 6.07) is 2.75. The molecular weight excluding hydrogens is 130 g/mol. The number of hydrogen-bond acceptors (Lipinski definition) is 2. The van der Waals surface area contributed by atoms with Gasteiger partial charge in [0.1, 0.15) is 0 Å². The third-order valence-electron chi connectivity index (χ3n) is 0.819. The van der Waals surface area contributed by atoms with Gasteiger partial charge in [0.15, 0.2) is 0 Å². The maximum absolute atomic E-state index is 3.72. The van der Waals surface area contributed by atoms with Crippen LogP contribution in [0.4, 0.5) is 0 Å². The van der Waals surface area contributed by atoms with Crippen LogP contribution in [0.3, 0.4) is 0 Å². The molecule has 0 bridgehead atoms. The Morgan fingerprint density at radius 3 is 2.89 bits per heavy atom. The first-order chi connectivity index (χ1) is 4.31. The van der Waals surface area contributed by atoms with E-state index in [2.05, 4.69) is 23.2 Å². The van der Waals surface area contributed by atoms with Crippen LogP contribution in [-0.2, 0) is 0 Å². The lowest BCUT2D eigenvalue weighted by Gasteiger charge is -1.94. The zero-order valence-electron chi connectivity index (χ0n) is 5.82. The van der Waals surface area contributed by atoms with Crippen molar-refractivity contribution in [2.24, 2.45) is 0 Å². The molecule has 0 aliphatic heterocycles. The highest BCUT2D eigenvalue weighted by atomic mass is 32.2. The number of rotatable bonds is 2. The Hall–Kier alpha value is -0.550. The smallest absolute Gasteiger partial charge is 0.0212 e. The minimum Gasteiger partial charge on any atom is -0.319 e. The van der Waals surface area contributed by atoms with Gasteiger partial charge in [-0.3, -0.25) is 0 Å². The molecule has 0 aliphatic rings. The minimum atomic E-state index is 0.934. The largest absolute Gasteiger partial charge is 0.319 e. The molecule has 0 aliphatic carbocycles. The van der Waals surface area contributed by atoms with Crippen molar-refractivity contribution in [2.45, 2.75) is 13.3 Å². The molecule has 0 spiro atoms. The summed E-state index contributed by atoms with van der Waals surface area (Å²) in [7, 11) is 0. The van der Waals surface area contributed by atoms with E-state index in [1.165, 1.54) is 11.8 Å². The van der Waals surface area contributed by atoms with E-state index in [1.54, 1.807) is 0 Å². The van der Waals surface area contributed by atoms with Gasteiger partial charge in [-0.05, 0) is 17.9 Å². The average molecular weight is 141 g/mol. The fourth-order valence-electron chi connectivity index (χ4n) is 0.253. The van der Waals surface area contributed by atoms with Crippen LogP contribution >= 0.6 is 11.8 Å². The maximum Gasteiger partial charge on any atom is 0.0212 e. The Morgan fingerprint density at radius 2 is 2.44 bits per heavy atom. The Kier molecular flexibility index (Phi) is 5.24. The Labute approximate surface area is 60.9 Å². The van der Waals surface area contributed by atoms with Gasteiger partial charge in [-0.15, -0.1) is 0 Å². The highest BCUT2D eigenvalue weighted by Crippen LogP contribution is 1.88. The summed E-state index contributed by atoms with van der Waals surface area (Å²) >= 11 is 1.49. The van der Waals surface area contributed by atoms with E-state index in [9.17, 15) is 0 Å². The fourth-order valence-corrected chi connectivity index (χ4v) is 0.406. The molecule has 9 heavy (non-hydrogen) atoms. The van der Waals surface area contributed by atoms with Crippen molar-refractivity contribution in [3.05, 3.63) is 12.3 Å². The maximum atomic E-state index is 3.72. The lowest BCUT2D eigenvalue weighted by molar-refractivity contribution is 0.977. The lowest BCUT2D eigenvalue weighted by atomic mass is 10.4. The standard InChI is InChI=1S/C7H11NS/c1-4-7(2)8-5-6-9-3/h8H,2,4H2,1,3H3. The zero-order chi connectivity index (χ0) is 7.11. The molecule has 0 saturated carbocycles. The normalized spacial score (nSPS) is 7.33. The fraction of sp³-hybridized carbons (Fsp3) is 0.429. The summed E-state index contributed by atoms with van der Waals surface area (Å²) in [5.74, 6) is 0. The van der Waals surface area contributed by atoms with Crippen LogP contribution in [0, 0.1) is 11.3 Å². The molecule has 0 aromatic heterocycles. The lowest BCUT2D eigenvalue weighted by Crippen LogP contribution is -2.01. The highest BCUT2D eigenvalue weighted by molar-refractivity contribution is 8.03. The summed E-state index contributed by atoms with van der Waals surface area (Å²) < 4.78 is 0. The van der Waals surface area contributed by atoms with E-state index < -0.39 is 0 Å². The second-order valence-corrected chi connectivity index (χ2v) is 2.13. The number of hydrogen-bond donors (Lipinski definition) is 1. The number of thioether (sulfide) groups is 1. The third kappa shape index (κ3) is 5.32. The Morgan fingerprint density at radius 1 is 1.78 bits per heavy atom. The van der Waals surface area contributed by atoms with Crippen molar-refractivity contribution in [3.8, 4) is 11.3 Å². The van der Waals surface area contributed by atoms with E-state index in [-0.39, 0.29) is 0 Å². The van der Waals surface area contributed by atoms with Crippen LogP contribution in [0.2, 0.25) is 0 Å². The Balaban J connectivity index is 3.37. The topological polar surface area (TPSA) is 12.0 Å². The molecule has 0 atom stereocenters. The quantitative estimate of drug-likeness (QED) is 0.464. The van der Waals surface area contributed by atoms with E-state index in [0.717, 1.165) is 12.1 Å². The minimum absolute atomic E-state index is 0.934. The van der Waals surface area contributed by atoms with Gasteiger partial charge >= 0.3 is 0 Å². The van der Waals surface area contributed by atoms with Crippen LogP contribution < -0.4 is 5.32 Å². The molecular formula is C7H11NS. The summed E-state index contributed by atoms with van der Waals surface area (Å²) in [5.41, 5.74) is 0.969. The third-order valence-corrected chi connectivity index (χ3v) is 1.13. The zero-order valence-corrected chi connectivity index (χ0v) is 6.64. The van der Waals surface area contributed by atoms with Gasteiger partial charge in [-0.1, -0.05) is 25.3 Å². The predicted molar refractivity (Wildman–Crippen MR) is 43.9 cm³/mol. The molecule has 1 N–H and O–H groups in total. The van der Waals surface area contributed by atoms with Gasteiger partial charge in [0.05, 0.1) is 0 Å². The first-order valence-electron chi connectivity index (χ1n) is 2.78. The van der Waals surface area contributed by atoms with Gasteiger partial charge < -0.3 is 5.32 Å². The molecule has 0 unspecified atom stereocenters. The van der Waals surface area contributed by atoms with Gasteiger partial charge in [0.2, 0.25) is 0 Å². The summed E-state index contributed by atoms with van der Waals surface area (Å²) in [6.45, 7) is 5.76. The first kappa shape index (κ1) is 8.45. The molecule has 2 heteroatoms. The van der Waals surface area contributed by atoms with Crippen molar-refractivity contribution in [1.29, 1.82) is 0 Å². The van der Waals surface area contributed by atoms with E-state index in [1.807, 2.05) is 13.2 Å². The van der Waals surface area contributed by atoms with Crippen LogP contribution in [0.25, 0.3) is 0 Å². The second kappa shape index (κ2) is 5.58. The molecule has 0 saturated heterocycles. The molecule has 50 valence electrons. The second-order valence-electron chi connectivity index (χ2n) is 1.51. The molecule has 0 heterocycles. The number of nitrogens with one attached hydrogen (secondary N) is 1. The highest BCUT2D eigenvalue weighted by Gasteiger charge is 1.79. The monoisotopic (exact) mass is 141 g/mol. The SMILES string of the molecule is C=C(CC)NC#CSC. The van der Waals surface area contributed by atoms with Gasteiger partial charge in [0, 0.05) is 11.7 Å². The summed E-state index contributed by atoms with van der Waals surface area (Å²) in [4.78, 5) is 0. The van der Waals surface area contributed by atoms with Gasteiger partial charge in [-0.25, -0.2) is 0 Å². The van der Waals surface area contributed by atoms with E-state index in [4.69, 9.17) is 0 Å². The summed E-state index contributed by atoms with van der Waals surface area (Å²) in [5, 5.41) is 5.66. The van der Waals surface area contributed by atoms with Gasteiger partial charge in [-0.2, -0.15) is 0 Å². The van der Waals surface area contributed by atoms with E-state index >= 15 is 0 Å². The van der Waals surface area contributed by atoms with Crippen molar-refractivity contribution in [3.63, 3.8) is 0 Å². The molecule has 0 aromatic carbocycles. The van der Waals surface area contributed by atoms with E-state index in [0.29, 0.717) is 0 Å². The van der Waals surface area contributed by atoms with Gasteiger partial charge in [0.25, 0.3) is 0 Å². The van der Waals surface area contributed by atoms with Crippen molar-refractivity contribution in [1.82, 2.24) is 5.32 Å². The van der Waals surface area contributed by atoms with Crippen LogP contribution in [0.15, 0.2) is 12.3 Å². The predicted octanol–water partition coefficient (Wildman–Crippen LogP) is 1.78. The molecule has 0 fully saturated rings. The molecule has 0 amide bonds. The molecule has 0 aromatic rings. The number of allylic oxidation sites excluding steroid dienone is 1. The average Bonchev–Trinajstić information content (AvgIpc) is 1.89. The van der Waals surface area contributed by atoms with Crippen molar-refractivity contribution < 1.29 is 0 Å². The van der Waals surface area contributed by atoms with Crippen molar-refractivity contribution in [2.75, 3.05) is 6.26 Å². The van der Waals surface area contributed by atoms with Crippen LogP contribution in [0.5, 0.6) is 0 Å². The summed E-state index contributed by atoms with van der Waals surface area (Å²) in [6.07, 6.45) is 2.87.